The van der Waals surface area contributed by atoms with E-state index in [0.29, 0.717) is 17.6 Å². The van der Waals surface area contributed by atoms with E-state index in [0.717, 1.165) is 0 Å². The molecule has 1 aromatic carbocycles. The molecule has 2 rings (SSSR count). The largest absolute Gasteiger partial charge is 0.466 e. The quantitative estimate of drug-likeness (QED) is 0.397. The van der Waals surface area contributed by atoms with Crippen molar-refractivity contribution in [1.29, 1.82) is 0 Å². The van der Waals surface area contributed by atoms with Crippen molar-refractivity contribution in [2.24, 2.45) is 0 Å². The lowest BCUT2D eigenvalue weighted by Gasteiger charge is -2.54. The molecule has 0 radical (unpaired) electrons. The molecule has 0 aliphatic carbocycles. The first-order chi connectivity index (χ1) is 9.52. The molecule has 5 heteroatoms. The molecule has 108 valence electrons. The number of hydrogen-bond donors (Lipinski definition) is 1. The lowest BCUT2D eigenvalue weighted by molar-refractivity contribution is -0.456. The summed E-state index contributed by atoms with van der Waals surface area (Å²) >= 11 is 0. The van der Waals surface area contributed by atoms with Gasteiger partial charge in [-0.25, -0.2) is 10.1 Å². The average Bonchev–Trinajstić information content (AvgIpc) is 2.50. The Kier molecular flexibility index (Phi) is 3.94. The first kappa shape index (κ1) is 14.7. The third-order valence-electron chi connectivity index (χ3n) is 3.71. The molecular formula is C15H18O5. The summed E-state index contributed by atoms with van der Waals surface area (Å²) in [5.74, 6) is -1.96. The second-order valence-electron chi connectivity index (χ2n) is 4.84. The Morgan fingerprint density at radius 1 is 1.40 bits per heavy atom. The monoisotopic (exact) mass is 278 g/mol. The number of rotatable bonds is 4. The first-order valence-electron chi connectivity index (χ1n) is 6.41. The Morgan fingerprint density at radius 2 is 2.05 bits per heavy atom. The topological polar surface area (TPSA) is 65.0 Å². The second-order valence-corrected chi connectivity index (χ2v) is 4.84. The average molecular weight is 278 g/mol. The molecule has 1 saturated heterocycles. The number of benzene rings is 1. The van der Waals surface area contributed by atoms with Gasteiger partial charge in [-0.3, -0.25) is 0 Å². The summed E-state index contributed by atoms with van der Waals surface area (Å²) in [7, 11) is 1.30. The van der Waals surface area contributed by atoms with Crippen LogP contribution in [0.4, 0.5) is 0 Å². The molecule has 0 amide bonds. The van der Waals surface area contributed by atoms with Crippen molar-refractivity contribution < 1.29 is 24.4 Å². The highest BCUT2D eigenvalue weighted by Crippen LogP contribution is 2.55. The highest BCUT2D eigenvalue weighted by atomic mass is 17.2. The Labute approximate surface area is 117 Å². The molecule has 1 aliphatic heterocycles. The first-order valence-corrected chi connectivity index (χ1v) is 6.41. The molecule has 0 aromatic heterocycles. The zero-order valence-corrected chi connectivity index (χ0v) is 11.8. The van der Waals surface area contributed by atoms with Crippen LogP contribution in [0.3, 0.4) is 0 Å². The summed E-state index contributed by atoms with van der Waals surface area (Å²) in [5.41, 5.74) is 0.476. The van der Waals surface area contributed by atoms with Crippen LogP contribution in [0.2, 0.25) is 0 Å². The lowest BCUT2D eigenvalue weighted by Crippen LogP contribution is -2.59. The maximum Gasteiger partial charge on any atom is 0.330 e. The zero-order valence-electron chi connectivity index (χ0n) is 11.8. The minimum atomic E-state index is -1.44. The Bertz CT molecular complexity index is 524. The van der Waals surface area contributed by atoms with Crippen molar-refractivity contribution >= 4 is 5.97 Å². The predicted molar refractivity (Wildman–Crippen MR) is 71.7 cm³/mol. The minimum Gasteiger partial charge on any atom is -0.466 e. The highest BCUT2D eigenvalue weighted by molar-refractivity contribution is 5.84. The van der Waals surface area contributed by atoms with Crippen LogP contribution in [0.1, 0.15) is 25.8 Å². The predicted octanol–water partition coefficient (Wildman–Crippen LogP) is 2.63. The Hall–Kier alpha value is -1.69. The van der Waals surface area contributed by atoms with Gasteiger partial charge in [0.25, 0.3) is 5.79 Å². The van der Waals surface area contributed by atoms with Gasteiger partial charge in [-0.1, -0.05) is 37.3 Å². The van der Waals surface area contributed by atoms with Crippen LogP contribution in [0.25, 0.3) is 0 Å². The van der Waals surface area contributed by atoms with Gasteiger partial charge in [-0.2, -0.15) is 4.89 Å². The van der Waals surface area contributed by atoms with Crippen molar-refractivity contribution in [1.82, 2.24) is 0 Å². The second kappa shape index (κ2) is 5.36. The van der Waals surface area contributed by atoms with E-state index in [1.807, 2.05) is 19.9 Å². The van der Waals surface area contributed by atoms with Crippen molar-refractivity contribution in [3.63, 3.8) is 0 Å². The molecule has 1 aliphatic rings. The van der Waals surface area contributed by atoms with Gasteiger partial charge in [0.05, 0.1) is 12.7 Å². The molecular weight excluding hydrogens is 260 g/mol. The number of carbonyl (C=O) groups is 1. The fraction of sp³-hybridized carbons (Fsp3) is 0.400. The zero-order chi connectivity index (χ0) is 14.8. The van der Waals surface area contributed by atoms with Crippen LogP contribution < -0.4 is 0 Å². The number of carbonyl (C=O) groups excluding carboxylic acids is 1. The van der Waals surface area contributed by atoms with Gasteiger partial charge < -0.3 is 9.47 Å². The fourth-order valence-electron chi connectivity index (χ4n) is 2.41. The molecule has 0 saturated carbocycles. The molecule has 1 heterocycles. The summed E-state index contributed by atoms with van der Waals surface area (Å²) < 4.78 is 10.5. The number of esters is 1. The van der Waals surface area contributed by atoms with Crippen LogP contribution in [0, 0.1) is 0 Å². The van der Waals surface area contributed by atoms with Crippen molar-refractivity contribution in [2.45, 2.75) is 31.7 Å². The number of methoxy groups -OCH3 is 1. The van der Waals surface area contributed by atoms with E-state index < -0.39 is 17.4 Å². The van der Waals surface area contributed by atoms with Crippen molar-refractivity contribution in [3.8, 4) is 0 Å². The van der Waals surface area contributed by atoms with E-state index in [-0.39, 0.29) is 0 Å². The maximum atomic E-state index is 11.6. The molecule has 2 unspecified atom stereocenters. The van der Waals surface area contributed by atoms with Gasteiger partial charge in [-0.05, 0) is 13.3 Å². The van der Waals surface area contributed by atoms with Gasteiger partial charge in [0.2, 0.25) is 0 Å². The van der Waals surface area contributed by atoms with Crippen LogP contribution in [0.15, 0.2) is 42.0 Å². The van der Waals surface area contributed by atoms with Gasteiger partial charge >= 0.3 is 5.97 Å². The molecule has 20 heavy (non-hydrogen) atoms. The van der Waals surface area contributed by atoms with Crippen molar-refractivity contribution in [2.75, 3.05) is 7.11 Å². The summed E-state index contributed by atoms with van der Waals surface area (Å²) in [6, 6.07) is 8.97. The number of hydrogen-bond acceptors (Lipinski definition) is 5. The molecule has 2 atom stereocenters. The molecule has 1 fully saturated rings. The smallest absolute Gasteiger partial charge is 0.330 e. The van der Waals surface area contributed by atoms with Gasteiger partial charge in [0.1, 0.15) is 0 Å². The molecule has 1 N–H and O–H groups in total. The maximum absolute atomic E-state index is 11.6. The van der Waals surface area contributed by atoms with Gasteiger partial charge in [-0.15, -0.1) is 0 Å². The van der Waals surface area contributed by atoms with Crippen LogP contribution >= 0.6 is 0 Å². The van der Waals surface area contributed by atoms with E-state index in [9.17, 15) is 10.1 Å². The van der Waals surface area contributed by atoms with E-state index in [2.05, 4.69) is 9.62 Å². The third-order valence-corrected chi connectivity index (χ3v) is 3.71. The highest BCUT2D eigenvalue weighted by Gasteiger charge is 2.61. The van der Waals surface area contributed by atoms with E-state index in [4.69, 9.17) is 4.74 Å². The van der Waals surface area contributed by atoms with E-state index in [1.165, 1.54) is 13.2 Å². The van der Waals surface area contributed by atoms with Crippen LogP contribution in [-0.4, -0.2) is 23.9 Å². The fourth-order valence-corrected chi connectivity index (χ4v) is 2.41. The summed E-state index contributed by atoms with van der Waals surface area (Å²) in [5, 5.41) is 9.36. The van der Waals surface area contributed by atoms with Gasteiger partial charge in [0, 0.05) is 17.2 Å². The van der Waals surface area contributed by atoms with Crippen LogP contribution in [-0.2, 0) is 24.9 Å². The SMILES string of the molecule is CCC1(C)OC(OO)(c2ccccc2)/C1=C/C(=O)OC. The summed E-state index contributed by atoms with van der Waals surface area (Å²) in [6.45, 7) is 3.76. The van der Waals surface area contributed by atoms with E-state index >= 15 is 0 Å². The van der Waals surface area contributed by atoms with Crippen LogP contribution in [0.5, 0.6) is 0 Å². The summed E-state index contributed by atoms with van der Waals surface area (Å²) in [6.07, 6.45) is 1.95. The standard InChI is InChI=1S/C15H18O5/c1-4-14(2)12(10-13(16)18-3)15(19-14,20-17)11-8-6-5-7-9-11/h5-10,17H,4H2,1-3H3/b12-10+. The normalized spacial score (nSPS) is 30.9. The lowest BCUT2D eigenvalue weighted by atomic mass is 9.76. The van der Waals surface area contributed by atoms with Gasteiger partial charge in [0.15, 0.2) is 0 Å². The Morgan fingerprint density at radius 3 is 2.55 bits per heavy atom. The third kappa shape index (κ3) is 2.14. The van der Waals surface area contributed by atoms with Crippen molar-refractivity contribution in [3.05, 3.63) is 47.5 Å². The minimum absolute atomic E-state index is 0.514. The molecule has 0 bridgehead atoms. The molecule has 0 spiro atoms. The number of ether oxygens (including phenoxy) is 2. The van der Waals surface area contributed by atoms with E-state index in [1.54, 1.807) is 24.3 Å². The Balaban J connectivity index is 2.49. The summed E-state index contributed by atoms with van der Waals surface area (Å²) in [4.78, 5) is 16.2. The molecule has 5 nitrogen and oxygen atoms in total. The molecule has 1 aromatic rings.